The number of aryl methyl sites for hydroxylation is 1. The van der Waals surface area contributed by atoms with Gasteiger partial charge in [-0.1, -0.05) is 6.07 Å². The Morgan fingerprint density at radius 1 is 1.40 bits per heavy atom. The zero-order chi connectivity index (χ0) is 14.5. The molecule has 2 rings (SSSR count). The normalized spacial score (nSPS) is 12.3. The molecule has 2 aromatic rings. The lowest BCUT2D eigenvalue weighted by Crippen LogP contribution is -2.18. The number of nitrogens with one attached hydrogen (secondary N) is 1. The second kappa shape index (κ2) is 6.43. The molecule has 0 aliphatic rings. The Labute approximate surface area is 119 Å². The van der Waals surface area contributed by atoms with Crippen LogP contribution in [-0.2, 0) is 13.1 Å². The monoisotopic (exact) mass is 275 g/mol. The van der Waals surface area contributed by atoms with Crippen molar-refractivity contribution in [1.82, 2.24) is 15.1 Å². The first-order valence-electron chi connectivity index (χ1n) is 6.76. The SMILES string of the molecule is CCn1ccc(C(C)NCc2ccc(OC)c(O)c2)n1. The molecule has 0 spiro atoms. The maximum Gasteiger partial charge on any atom is 0.160 e. The molecule has 0 bridgehead atoms. The summed E-state index contributed by atoms with van der Waals surface area (Å²) >= 11 is 0. The van der Waals surface area contributed by atoms with E-state index in [4.69, 9.17) is 4.74 Å². The lowest BCUT2D eigenvalue weighted by atomic mass is 10.1. The van der Waals surface area contributed by atoms with Crippen LogP contribution in [0.5, 0.6) is 11.5 Å². The molecule has 0 radical (unpaired) electrons. The van der Waals surface area contributed by atoms with Crippen molar-refractivity contribution in [2.45, 2.75) is 33.0 Å². The van der Waals surface area contributed by atoms with Crippen molar-refractivity contribution in [2.24, 2.45) is 0 Å². The van der Waals surface area contributed by atoms with E-state index in [0.717, 1.165) is 17.8 Å². The summed E-state index contributed by atoms with van der Waals surface area (Å²) in [6.07, 6.45) is 1.98. The molecule has 2 N–H and O–H groups in total. The maximum atomic E-state index is 9.74. The minimum Gasteiger partial charge on any atom is -0.504 e. The van der Waals surface area contributed by atoms with Gasteiger partial charge in [-0.05, 0) is 37.6 Å². The first-order valence-corrected chi connectivity index (χ1v) is 6.76. The van der Waals surface area contributed by atoms with Gasteiger partial charge in [-0.15, -0.1) is 0 Å². The van der Waals surface area contributed by atoms with Crippen LogP contribution < -0.4 is 10.1 Å². The highest BCUT2D eigenvalue weighted by molar-refractivity contribution is 5.41. The number of methoxy groups -OCH3 is 1. The van der Waals surface area contributed by atoms with Crippen LogP contribution >= 0.6 is 0 Å². The number of rotatable bonds is 6. The Hall–Kier alpha value is -2.01. The maximum absolute atomic E-state index is 9.74. The molecule has 0 amide bonds. The summed E-state index contributed by atoms with van der Waals surface area (Å²) in [6.45, 7) is 5.68. The molecule has 1 heterocycles. The quantitative estimate of drug-likeness (QED) is 0.850. The number of hydrogen-bond donors (Lipinski definition) is 2. The largest absolute Gasteiger partial charge is 0.504 e. The molecule has 5 nitrogen and oxygen atoms in total. The average molecular weight is 275 g/mol. The number of aromatic hydroxyl groups is 1. The van der Waals surface area contributed by atoms with E-state index < -0.39 is 0 Å². The molecule has 1 aromatic carbocycles. The molecule has 0 saturated carbocycles. The molecule has 0 aliphatic heterocycles. The van der Waals surface area contributed by atoms with Crippen molar-refractivity contribution in [3.63, 3.8) is 0 Å². The third kappa shape index (κ3) is 3.30. The predicted molar refractivity (Wildman–Crippen MR) is 77.8 cm³/mol. The molecule has 1 aromatic heterocycles. The van der Waals surface area contributed by atoms with Crippen LogP contribution in [0.3, 0.4) is 0 Å². The number of ether oxygens (including phenoxy) is 1. The average Bonchev–Trinajstić information content (AvgIpc) is 2.94. The van der Waals surface area contributed by atoms with E-state index in [0.29, 0.717) is 12.3 Å². The third-order valence-electron chi connectivity index (χ3n) is 3.28. The molecule has 1 atom stereocenters. The molecule has 108 valence electrons. The number of nitrogens with zero attached hydrogens (tertiary/aromatic N) is 2. The van der Waals surface area contributed by atoms with Gasteiger partial charge in [0, 0.05) is 25.3 Å². The number of phenols is 1. The summed E-state index contributed by atoms with van der Waals surface area (Å²) < 4.78 is 6.94. The van der Waals surface area contributed by atoms with Gasteiger partial charge in [0.05, 0.1) is 12.8 Å². The van der Waals surface area contributed by atoms with Crippen LogP contribution in [0.4, 0.5) is 0 Å². The van der Waals surface area contributed by atoms with Gasteiger partial charge >= 0.3 is 0 Å². The fraction of sp³-hybridized carbons (Fsp3) is 0.400. The number of benzene rings is 1. The molecule has 5 heteroatoms. The Kier molecular flexibility index (Phi) is 4.63. The lowest BCUT2D eigenvalue weighted by molar-refractivity contribution is 0.373. The van der Waals surface area contributed by atoms with Crippen LogP contribution in [0.1, 0.15) is 31.1 Å². The number of phenolic OH excluding ortho intramolecular Hbond substituents is 1. The molecule has 0 saturated heterocycles. The van der Waals surface area contributed by atoms with Crippen molar-refractivity contribution >= 4 is 0 Å². The molecule has 0 fully saturated rings. The zero-order valence-corrected chi connectivity index (χ0v) is 12.1. The fourth-order valence-corrected chi connectivity index (χ4v) is 2.01. The Morgan fingerprint density at radius 2 is 2.20 bits per heavy atom. The first-order chi connectivity index (χ1) is 9.63. The topological polar surface area (TPSA) is 59.3 Å². The van der Waals surface area contributed by atoms with Crippen molar-refractivity contribution < 1.29 is 9.84 Å². The summed E-state index contributed by atoms with van der Waals surface area (Å²) in [4.78, 5) is 0. The van der Waals surface area contributed by atoms with E-state index >= 15 is 0 Å². The van der Waals surface area contributed by atoms with Gasteiger partial charge in [0.2, 0.25) is 0 Å². The highest BCUT2D eigenvalue weighted by Crippen LogP contribution is 2.26. The Balaban J connectivity index is 1.96. The molecule has 0 aliphatic carbocycles. The van der Waals surface area contributed by atoms with Gasteiger partial charge in [-0.25, -0.2) is 0 Å². The summed E-state index contributed by atoms with van der Waals surface area (Å²) in [7, 11) is 1.54. The van der Waals surface area contributed by atoms with E-state index in [1.165, 1.54) is 0 Å². The minimum atomic E-state index is 0.159. The van der Waals surface area contributed by atoms with Crippen LogP contribution in [-0.4, -0.2) is 22.0 Å². The third-order valence-corrected chi connectivity index (χ3v) is 3.28. The van der Waals surface area contributed by atoms with Crippen LogP contribution in [0, 0.1) is 0 Å². The molecular weight excluding hydrogens is 254 g/mol. The second-order valence-corrected chi connectivity index (χ2v) is 4.71. The van der Waals surface area contributed by atoms with E-state index in [2.05, 4.69) is 24.3 Å². The van der Waals surface area contributed by atoms with Crippen LogP contribution in [0.25, 0.3) is 0 Å². The van der Waals surface area contributed by atoms with E-state index in [-0.39, 0.29) is 11.8 Å². The first kappa shape index (κ1) is 14.4. The number of hydrogen-bond acceptors (Lipinski definition) is 4. The highest BCUT2D eigenvalue weighted by atomic mass is 16.5. The van der Waals surface area contributed by atoms with Crippen LogP contribution in [0.2, 0.25) is 0 Å². The van der Waals surface area contributed by atoms with Gasteiger partial charge in [0.15, 0.2) is 11.5 Å². The van der Waals surface area contributed by atoms with Gasteiger partial charge in [0.1, 0.15) is 0 Å². The zero-order valence-electron chi connectivity index (χ0n) is 12.1. The summed E-state index contributed by atoms with van der Waals surface area (Å²) in [5.74, 6) is 0.651. The summed E-state index contributed by atoms with van der Waals surface area (Å²) in [5, 5.41) is 17.6. The lowest BCUT2D eigenvalue weighted by Gasteiger charge is -2.12. The summed E-state index contributed by atoms with van der Waals surface area (Å²) in [6, 6.07) is 7.59. The summed E-state index contributed by atoms with van der Waals surface area (Å²) in [5.41, 5.74) is 2.02. The Morgan fingerprint density at radius 3 is 2.80 bits per heavy atom. The fourth-order valence-electron chi connectivity index (χ4n) is 2.01. The standard InChI is InChI=1S/C15H21N3O2/c1-4-18-8-7-13(17-18)11(2)16-10-12-5-6-15(20-3)14(19)9-12/h5-9,11,16,19H,4,10H2,1-3H3. The smallest absolute Gasteiger partial charge is 0.160 e. The van der Waals surface area contributed by atoms with E-state index in [9.17, 15) is 5.11 Å². The van der Waals surface area contributed by atoms with Crippen molar-refractivity contribution in [3.8, 4) is 11.5 Å². The minimum absolute atomic E-state index is 0.159. The van der Waals surface area contributed by atoms with Gasteiger partial charge in [-0.2, -0.15) is 5.10 Å². The van der Waals surface area contributed by atoms with Crippen molar-refractivity contribution in [2.75, 3.05) is 7.11 Å². The molecular formula is C15H21N3O2. The van der Waals surface area contributed by atoms with Crippen LogP contribution in [0.15, 0.2) is 30.5 Å². The van der Waals surface area contributed by atoms with E-state index in [1.54, 1.807) is 19.2 Å². The van der Waals surface area contributed by atoms with Gasteiger partial charge < -0.3 is 15.2 Å². The molecule has 1 unspecified atom stereocenters. The second-order valence-electron chi connectivity index (χ2n) is 4.71. The van der Waals surface area contributed by atoms with Crippen molar-refractivity contribution in [3.05, 3.63) is 41.7 Å². The Bertz CT molecular complexity index is 566. The van der Waals surface area contributed by atoms with Gasteiger partial charge in [0.25, 0.3) is 0 Å². The highest BCUT2D eigenvalue weighted by Gasteiger charge is 2.09. The molecule has 20 heavy (non-hydrogen) atoms. The van der Waals surface area contributed by atoms with Crippen molar-refractivity contribution in [1.29, 1.82) is 0 Å². The predicted octanol–water partition coefficient (Wildman–Crippen LogP) is 2.47. The van der Waals surface area contributed by atoms with Gasteiger partial charge in [-0.3, -0.25) is 4.68 Å². The number of aromatic nitrogens is 2. The van der Waals surface area contributed by atoms with E-state index in [1.807, 2.05) is 23.0 Å².